The predicted octanol–water partition coefficient (Wildman–Crippen LogP) is 2.57. The third-order valence-electron chi connectivity index (χ3n) is 2.63. The Hall–Kier alpha value is -1.26. The van der Waals surface area contributed by atoms with Crippen LogP contribution in [-0.2, 0) is 9.53 Å². The summed E-state index contributed by atoms with van der Waals surface area (Å²) in [6, 6.07) is 5.32. The van der Waals surface area contributed by atoms with Crippen LogP contribution in [0.1, 0.15) is 18.9 Å². The van der Waals surface area contributed by atoms with Gasteiger partial charge in [-0.05, 0) is 44.0 Å². The minimum absolute atomic E-state index is 0.134. The number of methoxy groups -OCH3 is 1. The van der Waals surface area contributed by atoms with E-state index in [1.54, 1.807) is 32.2 Å². The quantitative estimate of drug-likeness (QED) is 0.783. The minimum Gasteiger partial charge on any atom is -0.481 e. The van der Waals surface area contributed by atoms with Crippen molar-refractivity contribution in [3.63, 3.8) is 0 Å². The maximum Gasteiger partial charge on any atom is 0.260 e. The fourth-order valence-electron chi connectivity index (χ4n) is 1.56. The lowest BCUT2D eigenvalue weighted by Crippen LogP contribution is -2.37. The highest BCUT2D eigenvalue weighted by Gasteiger charge is 2.14. The van der Waals surface area contributed by atoms with E-state index in [0.29, 0.717) is 23.9 Å². The first kappa shape index (κ1) is 15.8. The smallest absolute Gasteiger partial charge is 0.260 e. The van der Waals surface area contributed by atoms with Gasteiger partial charge in [0, 0.05) is 25.3 Å². The highest BCUT2D eigenvalue weighted by atomic mass is 35.5. The third-order valence-corrected chi connectivity index (χ3v) is 2.87. The monoisotopic (exact) mass is 285 g/mol. The van der Waals surface area contributed by atoms with E-state index in [4.69, 9.17) is 21.1 Å². The lowest BCUT2D eigenvalue weighted by atomic mass is 10.2. The standard InChI is InChI=1S/C14H20ClNO3/c1-10-9-12(15)5-6-13(10)19-11(2)14(17)16-7-4-8-18-3/h5-6,9,11H,4,7-8H2,1-3H3,(H,16,17). The van der Waals surface area contributed by atoms with Gasteiger partial charge in [-0.2, -0.15) is 0 Å². The van der Waals surface area contributed by atoms with Crippen LogP contribution in [0.5, 0.6) is 5.75 Å². The topological polar surface area (TPSA) is 47.6 Å². The Morgan fingerprint density at radius 1 is 1.47 bits per heavy atom. The molecule has 0 saturated carbocycles. The molecule has 0 radical (unpaired) electrons. The molecule has 1 aromatic carbocycles. The predicted molar refractivity (Wildman–Crippen MR) is 75.8 cm³/mol. The zero-order valence-corrected chi connectivity index (χ0v) is 12.3. The second-order valence-corrected chi connectivity index (χ2v) is 4.74. The van der Waals surface area contributed by atoms with Gasteiger partial charge < -0.3 is 14.8 Å². The molecule has 0 heterocycles. The molecule has 1 aromatic rings. The molecule has 0 aliphatic rings. The number of carbonyl (C=O) groups excluding carboxylic acids is 1. The summed E-state index contributed by atoms with van der Waals surface area (Å²) in [5, 5.41) is 3.45. The number of hydrogen-bond donors (Lipinski definition) is 1. The zero-order valence-electron chi connectivity index (χ0n) is 11.5. The molecule has 0 aliphatic heterocycles. The molecule has 0 fully saturated rings. The van der Waals surface area contributed by atoms with E-state index >= 15 is 0 Å². The van der Waals surface area contributed by atoms with Crippen molar-refractivity contribution in [1.82, 2.24) is 5.32 Å². The van der Waals surface area contributed by atoms with Gasteiger partial charge in [-0.3, -0.25) is 4.79 Å². The Kier molecular flexibility index (Phi) is 6.67. The van der Waals surface area contributed by atoms with Crippen LogP contribution in [0.25, 0.3) is 0 Å². The molecule has 1 rings (SSSR count). The summed E-state index contributed by atoms with van der Waals surface area (Å²) in [5.74, 6) is 0.536. The van der Waals surface area contributed by atoms with Gasteiger partial charge in [0.2, 0.25) is 0 Å². The Bertz CT molecular complexity index is 423. The second kappa shape index (κ2) is 8.02. The van der Waals surface area contributed by atoms with Crippen LogP contribution in [0.2, 0.25) is 5.02 Å². The third kappa shape index (κ3) is 5.49. The number of benzene rings is 1. The number of amides is 1. The lowest BCUT2D eigenvalue weighted by Gasteiger charge is -2.16. The Morgan fingerprint density at radius 2 is 2.21 bits per heavy atom. The van der Waals surface area contributed by atoms with Crippen LogP contribution < -0.4 is 10.1 Å². The molecule has 0 aliphatic carbocycles. The normalized spacial score (nSPS) is 12.0. The summed E-state index contributed by atoms with van der Waals surface area (Å²) in [7, 11) is 1.64. The van der Waals surface area contributed by atoms with Gasteiger partial charge in [0.25, 0.3) is 5.91 Å². The van der Waals surface area contributed by atoms with E-state index < -0.39 is 6.10 Å². The molecule has 1 amide bonds. The summed E-state index contributed by atoms with van der Waals surface area (Å²) in [5.41, 5.74) is 0.909. The SMILES string of the molecule is COCCCNC(=O)C(C)Oc1ccc(Cl)cc1C. The fourth-order valence-corrected chi connectivity index (χ4v) is 1.79. The van der Waals surface area contributed by atoms with Crippen LogP contribution in [0.3, 0.4) is 0 Å². The molecule has 1 atom stereocenters. The molecule has 5 heteroatoms. The molecule has 1 N–H and O–H groups in total. The van der Waals surface area contributed by atoms with E-state index in [9.17, 15) is 4.79 Å². The number of nitrogens with one attached hydrogen (secondary N) is 1. The molecule has 0 aromatic heterocycles. The Labute approximate surface area is 119 Å². The number of hydrogen-bond acceptors (Lipinski definition) is 3. The molecule has 0 saturated heterocycles. The van der Waals surface area contributed by atoms with Crippen molar-refractivity contribution in [2.24, 2.45) is 0 Å². The second-order valence-electron chi connectivity index (χ2n) is 4.31. The molecule has 106 valence electrons. The average Bonchev–Trinajstić information content (AvgIpc) is 2.37. The van der Waals surface area contributed by atoms with Gasteiger partial charge in [-0.1, -0.05) is 11.6 Å². The minimum atomic E-state index is -0.539. The first-order chi connectivity index (χ1) is 9.04. The van der Waals surface area contributed by atoms with Crippen molar-refractivity contribution in [3.05, 3.63) is 28.8 Å². The summed E-state index contributed by atoms with van der Waals surface area (Å²) < 4.78 is 10.5. The molecular weight excluding hydrogens is 266 g/mol. The molecule has 0 spiro atoms. The number of halogens is 1. The number of carbonyl (C=O) groups is 1. The van der Waals surface area contributed by atoms with Crippen LogP contribution in [0.15, 0.2) is 18.2 Å². The maximum absolute atomic E-state index is 11.8. The van der Waals surface area contributed by atoms with Crippen molar-refractivity contribution in [2.75, 3.05) is 20.3 Å². The number of aryl methyl sites for hydroxylation is 1. The van der Waals surface area contributed by atoms with Gasteiger partial charge in [-0.15, -0.1) is 0 Å². The molecule has 19 heavy (non-hydrogen) atoms. The first-order valence-corrected chi connectivity index (χ1v) is 6.62. The van der Waals surface area contributed by atoms with Crippen molar-refractivity contribution >= 4 is 17.5 Å². The Morgan fingerprint density at radius 3 is 2.84 bits per heavy atom. The molecule has 0 bridgehead atoms. The van der Waals surface area contributed by atoms with Crippen molar-refractivity contribution in [2.45, 2.75) is 26.4 Å². The highest BCUT2D eigenvalue weighted by molar-refractivity contribution is 6.30. The molecule has 4 nitrogen and oxygen atoms in total. The van der Waals surface area contributed by atoms with Crippen LogP contribution in [0, 0.1) is 6.92 Å². The first-order valence-electron chi connectivity index (χ1n) is 6.24. The van der Waals surface area contributed by atoms with Gasteiger partial charge in [0.1, 0.15) is 5.75 Å². The fraction of sp³-hybridized carbons (Fsp3) is 0.500. The van der Waals surface area contributed by atoms with Gasteiger partial charge in [0.05, 0.1) is 0 Å². The Balaban J connectivity index is 2.45. The molecular formula is C14H20ClNO3. The van der Waals surface area contributed by atoms with Crippen molar-refractivity contribution < 1.29 is 14.3 Å². The van der Waals surface area contributed by atoms with Gasteiger partial charge >= 0.3 is 0 Å². The van der Waals surface area contributed by atoms with Crippen molar-refractivity contribution in [3.8, 4) is 5.75 Å². The maximum atomic E-state index is 11.8. The van der Waals surface area contributed by atoms with Crippen molar-refractivity contribution in [1.29, 1.82) is 0 Å². The summed E-state index contributed by atoms with van der Waals surface area (Å²) >= 11 is 5.87. The lowest BCUT2D eigenvalue weighted by molar-refractivity contribution is -0.127. The van der Waals surface area contributed by atoms with Gasteiger partial charge in [0.15, 0.2) is 6.10 Å². The van der Waals surface area contributed by atoms with E-state index in [1.165, 1.54) is 0 Å². The number of rotatable bonds is 7. The highest BCUT2D eigenvalue weighted by Crippen LogP contribution is 2.22. The molecule has 1 unspecified atom stereocenters. The summed E-state index contributed by atoms with van der Waals surface area (Å²) in [4.78, 5) is 11.8. The summed E-state index contributed by atoms with van der Waals surface area (Å²) in [6.45, 7) is 4.83. The van der Waals surface area contributed by atoms with Crippen LogP contribution in [-0.4, -0.2) is 32.3 Å². The number of ether oxygens (including phenoxy) is 2. The summed E-state index contributed by atoms with van der Waals surface area (Å²) in [6.07, 6.45) is 0.247. The average molecular weight is 286 g/mol. The van der Waals surface area contributed by atoms with Crippen LogP contribution >= 0.6 is 11.6 Å². The van der Waals surface area contributed by atoms with E-state index in [1.807, 2.05) is 6.92 Å². The zero-order chi connectivity index (χ0) is 14.3. The van der Waals surface area contributed by atoms with E-state index in [-0.39, 0.29) is 5.91 Å². The van der Waals surface area contributed by atoms with Crippen LogP contribution in [0.4, 0.5) is 0 Å². The largest absolute Gasteiger partial charge is 0.481 e. The van der Waals surface area contributed by atoms with E-state index in [0.717, 1.165) is 12.0 Å². The van der Waals surface area contributed by atoms with Gasteiger partial charge in [-0.25, -0.2) is 0 Å². The van der Waals surface area contributed by atoms with E-state index in [2.05, 4.69) is 5.32 Å².